The van der Waals surface area contributed by atoms with Crippen molar-refractivity contribution in [1.29, 1.82) is 0 Å². The van der Waals surface area contributed by atoms with Gasteiger partial charge in [-0.15, -0.1) is 0 Å². The highest BCUT2D eigenvalue weighted by Gasteiger charge is 2.50. The number of sulfonamides is 1. The van der Waals surface area contributed by atoms with Gasteiger partial charge in [0.05, 0.1) is 12.9 Å². The number of aryl methyl sites for hydroxylation is 1. The number of benzene rings is 1. The van der Waals surface area contributed by atoms with E-state index < -0.39 is 10.0 Å². The summed E-state index contributed by atoms with van der Waals surface area (Å²) in [7, 11) is -1.89. The van der Waals surface area contributed by atoms with Gasteiger partial charge in [-0.1, -0.05) is 36.8 Å². The number of nitrogens with zero attached hydrogens (tertiary/aromatic N) is 4. The van der Waals surface area contributed by atoms with Gasteiger partial charge >= 0.3 is 0 Å². The Labute approximate surface area is 202 Å². The fraction of sp³-hybridized carbons (Fsp3) is 0.577. The van der Waals surface area contributed by atoms with Crippen LogP contribution in [0.15, 0.2) is 41.8 Å². The molecule has 0 radical (unpaired) electrons. The van der Waals surface area contributed by atoms with E-state index in [0.717, 1.165) is 30.5 Å². The fourth-order valence-corrected chi connectivity index (χ4v) is 7.29. The highest BCUT2D eigenvalue weighted by molar-refractivity contribution is 7.89. The molecule has 182 valence electrons. The van der Waals surface area contributed by atoms with Gasteiger partial charge in [0.1, 0.15) is 0 Å². The molecule has 0 unspecified atom stereocenters. The first kappa shape index (κ1) is 23.6. The normalized spacial score (nSPS) is 26.7. The lowest BCUT2D eigenvalue weighted by atomic mass is 9.74. The second-order valence-electron chi connectivity index (χ2n) is 9.90. The number of aliphatic hydroxyl groups is 1. The zero-order chi connectivity index (χ0) is 23.7. The van der Waals surface area contributed by atoms with E-state index >= 15 is 0 Å². The van der Waals surface area contributed by atoms with Crippen molar-refractivity contribution in [3.8, 4) is 11.8 Å². The van der Waals surface area contributed by atoms with Gasteiger partial charge < -0.3 is 9.67 Å². The van der Waals surface area contributed by atoms with Gasteiger partial charge in [0.15, 0.2) is 5.03 Å². The van der Waals surface area contributed by atoms with Crippen LogP contribution in [-0.4, -0.2) is 70.6 Å². The van der Waals surface area contributed by atoms with E-state index in [1.165, 1.54) is 32.0 Å². The van der Waals surface area contributed by atoms with Crippen LogP contribution in [0.3, 0.4) is 0 Å². The number of rotatable bonds is 4. The molecule has 2 saturated heterocycles. The topological polar surface area (TPSA) is 78.7 Å². The Morgan fingerprint density at radius 3 is 2.50 bits per heavy atom. The van der Waals surface area contributed by atoms with Crippen molar-refractivity contribution in [2.45, 2.75) is 61.6 Å². The Balaban J connectivity index is 1.37. The van der Waals surface area contributed by atoms with Crippen LogP contribution in [0.5, 0.6) is 0 Å². The lowest BCUT2D eigenvalue weighted by Crippen LogP contribution is -2.67. The molecule has 1 aromatic carbocycles. The maximum atomic E-state index is 13.3. The lowest BCUT2D eigenvalue weighted by Gasteiger charge is -2.57. The van der Waals surface area contributed by atoms with Crippen molar-refractivity contribution in [2.75, 3.05) is 26.2 Å². The Bertz CT molecular complexity index is 1160. The number of fused-ring (bicyclic) bond motifs is 1. The minimum atomic E-state index is -3.66. The first-order chi connectivity index (χ1) is 16.5. The molecular formula is C26H34N4O3S. The highest BCUT2D eigenvalue weighted by Crippen LogP contribution is 2.42. The third kappa shape index (κ3) is 4.55. The minimum absolute atomic E-state index is 0.0120. The molecule has 5 rings (SSSR count). The Kier molecular flexibility index (Phi) is 6.81. The third-order valence-electron chi connectivity index (χ3n) is 7.69. The standard InChI is InChI=1S/C26H34N4O3S/c1-28-17-25(27-19-28)34(32,33)29-14-4-5-15-30-23(16-29)26(24(30)18-31)22-12-10-21(11-13-22)9-8-20-6-2-3-7-20/h10-13,17,19-20,23-24,26,31H,2-7,14-16,18H2,1H3/t23-,24-,26-/m1/s1. The van der Waals surface area contributed by atoms with E-state index in [0.29, 0.717) is 19.0 Å². The maximum Gasteiger partial charge on any atom is 0.262 e. The van der Waals surface area contributed by atoms with Crippen molar-refractivity contribution in [3.05, 3.63) is 47.9 Å². The van der Waals surface area contributed by atoms with Crippen LogP contribution in [-0.2, 0) is 17.1 Å². The first-order valence-corrected chi connectivity index (χ1v) is 13.9. The molecule has 1 aliphatic carbocycles. The van der Waals surface area contributed by atoms with Crippen molar-refractivity contribution in [1.82, 2.24) is 18.8 Å². The molecule has 3 aliphatic rings. The molecule has 34 heavy (non-hydrogen) atoms. The Hall–Kier alpha value is -2.18. The summed E-state index contributed by atoms with van der Waals surface area (Å²) in [4.78, 5) is 6.40. The molecule has 1 N–H and O–H groups in total. The molecule has 2 aliphatic heterocycles. The number of aromatic nitrogens is 2. The summed E-state index contributed by atoms with van der Waals surface area (Å²) in [6, 6.07) is 8.41. The molecular weight excluding hydrogens is 448 g/mol. The highest BCUT2D eigenvalue weighted by atomic mass is 32.2. The van der Waals surface area contributed by atoms with E-state index in [9.17, 15) is 13.5 Å². The zero-order valence-electron chi connectivity index (χ0n) is 19.8. The summed E-state index contributed by atoms with van der Waals surface area (Å²) in [5, 5.41) is 10.3. The predicted octanol–water partition coefficient (Wildman–Crippen LogP) is 2.58. The quantitative estimate of drug-likeness (QED) is 0.678. The molecule has 0 amide bonds. The second kappa shape index (κ2) is 9.82. The van der Waals surface area contributed by atoms with Gasteiger partial charge in [-0.2, -0.15) is 4.31 Å². The molecule has 0 spiro atoms. The number of aliphatic hydroxyl groups excluding tert-OH is 1. The largest absolute Gasteiger partial charge is 0.395 e. The lowest BCUT2D eigenvalue weighted by molar-refractivity contribution is -0.0554. The number of hydrogen-bond donors (Lipinski definition) is 1. The van der Waals surface area contributed by atoms with Gasteiger partial charge in [-0.3, -0.25) is 4.90 Å². The van der Waals surface area contributed by atoms with Crippen LogP contribution in [0.4, 0.5) is 0 Å². The molecule has 7 nitrogen and oxygen atoms in total. The van der Waals surface area contributed by atoms with Crippen LogP contribution in [0.25, 0.3) is 0 Å². The Morgan fingerprint density at radius 2 is 1.82 bits per heavy atom. The van der Waals surface area contributed by atoms with Gasteiger partial charge in [0.25, 0.3) is 10.0 Å². The van der Waals surface area contributed by atoms with Crippen molar-refractivity contribution in [2.24, 2.45) is 13.0 Å². The molecule has 8 heteroatoms. The van der Waals surface area contributed by atoms with E-state index in [4.69, 9.17) is 0 Å². The number of imidazole rings is 1. The molecule has 3 atom stereocenters. The smallest absolute Gasteiger partial charge is 0.262 e. The SMILES string of the molecule is Cn1cnc(S(=O)(=O)N2CCCCN3[C@H](CO)[C@H](c4ccc(C#CC5CCCC5)cc4)[C@H]3C2)c1. The second-order valence-corrected chi connectivity index (χ2v) is 11.8. The van der Waals surface area contributed by atoms with E-state index in [1.807, 2.05) is 0 Å². The summed E-state index contributed by atoms with van der Waals surface area (Å²) in [6.45, 7) is 1.85. The van der Waals surface area contributed by atoms with Crippen molar-refractivity contribution < 1.29 is 13.5 Å². The minimum Gasteiger partial charge on any atom is -0.395 e. The zero-order valence-corrected chi connectivity index (χ0v) is 20.6. The van der Waals surface area contributed by atoms with E-state index in [2.05, 4.69) is 46.0 Å². The van der Waals surface area contributed by atoms with Crippen molar-refractivity contribution >= 4 is 10.0 Å². The summed E-state index contributed by atoms with van der Waals surface area (Å²) < 4.78 is 29.9. The first-order valence-electron chi connectivity index (χ1n) is 12.4. The average Bonchev–Trinajstić information content (AvgIpc) is 3.49. The summed E-state index contributed by atoms with van der Waals surface area (Å²) >= 11 is 0. The van der Waals surface area contributed by atoms with Crippen LogP contribution < -0.4 is 0 Å². The molecule has 0 bridgehead atoms. The molecule has 1 saturated carbocycles. The van der Waals surface area contributed by atoms with Gasteiger partial charge in [0, 0.05) is 55.8 Å². The Morgan fingerprint density at radius 1 is 1.09 bits per heavy atom. The van der Waals surface area contributed by atoms with E-state index in [1.54, 1.807) is 22.1 Å². The van der Waals surface area contributed by atoms with Crippen LogP contribution >= 0.6 is 0 Å². The molecule has 3 fully saturated rings. The molecule has 1 aromatic heterocycles. The average molecular weight is 483 g/mol. The van der Waals surface area contributed by atoms with Gasteiger partial charge in [0.2, 0.25) is 0 Å². The van der Waals surface area contributed by atoms with Crippen molar-refractivity contribution in [3.63, 3.8) is 0 Å². The van der Waals surface area contributed by atoms with E-state index in [-0.39, 0.29) is 29.6 Å². The third-order valence-corrected chi connectivity index (χ3v) is 9.44. The van der Waals surface area contributed by atoms with Crippen LogP contribution in [0.2, 0.25) is 0 Å². The van der Waals surface area contributed by atoms with Crippen LogP contribution in [0.1, 0.15) is 55.6 Å². The monoisotopic (exact) mass is 482 g/mol. The van der Waals surface area contributed by atoms with Gasteiger partial charge in [-0.25, -0.2) is 13.4 Å². The number of hydrogen-bond acceptors (Lipinski definition) is 5. The van der Waals surface area contributed by atoms with Gasteiger partial charge in [-0.05, 0) is 49.9 Å². The molecule has 2 aromatic rings. The van der Waals surface area contributed by atoms with Crippen LogP contribution in [0, 0.1) is 17.8 Å². The fourth-order valence-electron chi connectivity index (χ4n) is 5.83. The predicted molar refractivity (Wildman–Crippen MR) is 131 cm³/mol. The maximum absolute atomic E-state index is 13.3. The molecule has 3 heterocycles. The summed E-state index contributed by atoms with van der Waals surface area (Å²) in [6.07, 6.45) is 9.78. The summed E-state index contributed by atoms with van der Waals surface area (Å²) in [5.41, 5.74) is 2.16. The summed E-state index contributed by atoms with van der Waals surface area (Å²) in [5.74, 6) is 7.36.